The SMILES string of the molecule is CCCC=CC=NP(=O)(c1ccccc1)c1ccccc1. The minimum Gasteiger partial charge on any atom is -0.288 e. The number of allylic oxidation sites excluding steroid dienone is 2. The van der Waals surface area contributed by atoms with E-state index >= 15 is 0 Å². The van der Waals surface area contributed by atoms with Crippen molar-refractivity contribution in [3.63, 3.8) is 0 Å². The lowest BCUT2D eigenvalue weighted by molar-refractivity contribution is 0.588. The van der Waals surface area contributed by atoms with Crippen LogP contribution in [0.1, 0.15) is 19.8 Å². The summed E-state index contributed by atoms with van der Waals surface area (Å²) < 4.78 is 17.8. The number of benzene rings is 2. The van der Waals surface area contributed by atoms with Crippen LogP contribution in [0, 0.1) is 0 Å². The Balaban J connectivity index is 2.39. The smallest absolute Gasteiger partial charge is 0.247 e. The average Bonchev–Trinajstić information content (AvgIpc) is 2.56. The maximum Gasteiger partial charge on any atom is 0.247 e. The monoisotopic (exact) mass is 297 g/mol. The molecule has 2 rings (SSSR count). The van der Waals surface area contributed by atoms with Crippen LogP contribution in [0.4, 0.5) is 0 Å². The molecule has 0 aliphatic rings. The zero-order valence-corrected chi connectivity index (χ0v) is 13.1. The highest BCUT2D eigenvalue weighted by Gasteiger charge is 2.25. The fourth-order valence-electron chi connectivity index (χ4n) is 2.00. The van der Waals surface area contributed by atoms with Gasteiger partial charge in [-0.3, -0.25) is 4.57 Å². The molecule has 3 heteroatoms. The van der Waals surface area contributed by atoms with Gasteiger partial charge in [0.15, 0.2) is 0 Å². The van der Waals surface area contributed by atoms with Crippen molar-refractivity contribution in [2.24, 2.45) is 4.76 Å². The van der Waals surface area contributed by atoms with E-state index in [1.165, 1.54) is 0 Å². The molecular weight excluding hydrogens is 277 g/mol. The van der Waals surface area contributed by atoms with Crippen molar-refractivity contribution in [1.29, 1.82) is 0 Å². The molecule has 0 N–H and O–H groups in total. The molecule has 0 radical (unpaired) electrons. The summed E-state index contributed by atoms with van der Waals surface area (Å²) in [6.45, 7) is 2.13. The molecule has 0 atom stereocenters. The summed E-state index contributed by atoms with van der Waals surface area (Å²) in [6, 6.07) is 18.9. The molecule has 0 aromatic heterocycles. The highest BCUT2D eigenvalue weighted by molar-refractivity contribution is 7.77. The Bertz CT molecular complexity index is 604. The Kier molecular flexibility index (Phi) is 5.71. The number of nitrogens with zero attached hydrogens (tertiary/aromatic N) is 1. The summed E-state index contributed by atoms with van der Waals surface area (Å²) in [5, 5.41) is 1.52. The second-order valence-electron chi connectivity index (χ2n) is 4.73. The zero-order chi connectivity index (χ0) is 15.0. The van der Waals surface area contributed by atoms with Crippen LogP contribution in [0.5, 0.6) is 0 Å². The molecule has 2 aromatic rings. The maximum absolute atomic E-state index is 13.4. The summed E-state index contributed by atoms with van der Waals surface area (Å²) >= 11 is 0. The summed E-state index contributed by atoms with van der Waals surface area (Å²) in [4.78, 5) is 0. The van der Waals surface area contributed by atoms with Crippen molar-refractivity contribution >= 4 is 24.1 Å². The molecule has 0 bridgehead atoms. The van der Waals surface area contributed by atoms with E-state index in [0.29, 0.717) is 0 Å². The van der Waals surface area contributed by atoms with E-state index in [9.17, 15) is 4.57 Å². The first-order chi connectivity index (χ1) is 10.3. The molecule has 21 heavy (non-hydrogen) atoms. The van der Waals surface area contributed by atoms with Crippen LogP contribution in [-0.2, 0) is 4.57 Å². The van der Waals surface area contributed by atoms with Crippen LogP contribution < -0.4 is 10.6 Å². The topological polar surface area (TPSA) is 29.4 Å². The second-order valence-corrected chi connectivity index (χ2v) is 7.14. The predicted octanol–water partition coefficient (Wildman–Crippen LogP) is 4.34. The van der Waals surface area contributed by atoms with Gasteiger partial charge in [-0.25, -0.2) is 4.76 Å². The highest BCUT2D eigenvalue weighted by Crippen LogP contribution is 2.44. The minimum absolute atomic E-state index is 0.761. The quantitative estimate of drug-likeness (QED) is 0.576. The van der Waals surface area contributed by atoms with Gasteiger partial charge in [0.2, 0.25) is 7.29 Å². The van der Waals surface area contributed by atoms with E-state index in [1.54, 1.807) is 6.21 Å². The van der Waals surface area contributed by atoms with Gasteiger partial charge in [0.25, 0.3) is 0 Å². The lowest BCUT2D eigenvalue weighted by Crippen LogP contribution is -2.14. The van der Waals surface area contributed by atoms with Crippen molar-refractivity contribution in [3.8, 4) is 0 Å². The standard InChI is InChI=1S/C18H20NOP/c1-2-3-4-11-16-19-21(20,17-12-7-5-8-13-17)18-14-9-6-10-15-18/h4-16H,2-3H2,1H3. The van der Waals surface area contributed by atoms with Gasteiger partial charge in [-0.1, -0.05) is 55.8 Å². The average molecular weight is 297 g/mol. The molecular formula is C18H20NOP. The van der Waals surface area contributed by atoms with Crippen LogP contribution in [0.15, 0.2) is 77.6 Å². The van der Waals surface area contributed by atoms with Crippen LogP contribution in [0.25, 0.3) is 0 Å². The number of rotatable bonds is 6. The fraction of sp³-hybridized carbons (Fsp3) is 0.167. The molecule has 0 aliphatic carbocycles. The second kappa shape index (κ2) is 7.75. The lowest BCUT2D eigenvalue weighted by atomic mass is 10.3. The molecule has 0 aliphatic heterocycles. The first-order valence-electron chi connectivity index (χ1n) is 7.19. The molecule has 0 amide bonds. The fourth-order valence-corrected chi connectivity index (χ4v) is 3.98. The van der Waals surface area contributed by atoms with Crippen molar-refractivity contribution < 1.29 is 4.57 Å². The molecule has 108 valence electrons. The summed E-state index contributed by atoms with van der Waals surface area (Å²) in [7, 11) is -2.95. The Morgan fingerprint density at radius 1 is 0.952 bits per heavy atom. The maximum atomic E-state index is 13.4. The first-order valence-corrected chi connectivity index (χ1v) is 8.85. The molecule has 0 saturated heterocycles. The van der Waals surface area contributed by atoms with E-state index < -0.39 is 7.29 Å². The van der Waals surface area contributed by atoms with Gasteiger partial charge in [0, 0.05) is 16.8 Å². The van der Waals surface area contributed by atoms with Gasteiger partial charge in [0.1, 0.15) is 0 Å². The van der Waals surface area contributed by atoms with E-state index in [-0.39, 0.29) is 0 Å². The summed E-state index contributed by atoms with van der Waals surface area (Å²) in [5.74, 6) is 0. The van der Waals surface area contributed by atoms with Gasteiger partial charge in [-0.15, -0.1) is 0 Å². The molecule has 2 nitrogen and oxygen atoms in total. The van der Waals surface area contributed by atoms with E-state index in [4.69, 9.17) is 0 Å². The van der Waals surface area contributed by atoms with Crippen molar-refractivity contribution in [3.05, 3.63) is 72.8 Å². The van der Waals surface area contributed by atoms with Crippen LogP contribution >= 0.6 is 7.29 Å². The number of hydrogen-bond donors (Lipinski definition) is 0. The van der Waals surface area contributed by atoms with Crippen LogP contribution in [-0.4, -0.2) is 6.21 Å². The summed E-state index contributed by atoms with van der Waals surface area (Å²) in [5.41, 5.74) is 0. The van der Waals surface area contributed by atoms with Gasteiger partial charge < -0.3 is 0 Å². The largest absolute Gasteiger partial charge is 0.288 e. The van der Waals surface area contributed by atoms with Crippen molar-refractivity contribution in [2.45, 2.75) is 19.8 Å². The third kappa shape index (κ3) is 4.03. The van der Waals surface area contributed by atoms with Crippen molar-refractivity contribution in [1.82, 2.24) is 0 Å². The molecule has 0 saturated carbocycles. The van der Waals surface area contributed by atoms with Gasteiger partial charge in [0.05, 0.1) is 0 Å². The Morgan fingerprint density at radius 2 is 1.48 bits per heavy atom. The Hall–Kier alpha value is -1.92. The van der Waals surface area contributed by atoms with Crippen LogP contribution in [0.3, 0.4) is 0 Å². The Labute approximate surface area is 126 Å². The van der Waals surface area contributed by atoms with E-state index in [2.05, 4.69) is 11.7 Å². The molecule has 2 aromatic carbocycles. The van der Waals surface area contributed by atoms with Crippen LogP contribution in [0.2, 0.25) is 0 Å². The van der Waals surface area contributed by atoms with E-state index in [1.807, 2.05) is 72.8 Å². The van der Waals surface area contributed by atoms with Gasteiger partial charge >= 0.3 is 0 Å². The molecule has 0 heterocycles. The first kappa shape index (κ1) is 15.5. The summed E-state index contributed by atoms with van der Waals surface area (Å²) in [6.07, 6.45) is 7.69. The minimum atomic E-state index is -2.95. The van der Waals surface area contributed by atoms with Crippen molar-refractivity contribution in [2.75, 3.05) is 0 Å². The molecule has 0 spiro atoms. The third-order valence-corrected chi connectivity index (χ3v) is 5.57. The molecule has 0 unspecified atom stereocenters. The van der Waals surface area contributed by atoms with E-state index in [0.717, 1.165) is 23.5 Å². The Morgan fingerprint density at radius 3 is 1.95 bits per heavy atom. The zero-order valence-electron chi connectivity index (χ0n) is 12.2. The number of hydrogen-bond acceptors (Lipinski definition) is 1. The normalized spacial score (nSPS) is 12.2. The molecule has 0 fully saturated rings. The lowest BCUT2D eigenvalue weighted by Gasteiger charge is -2.13. The third-order valence-electron chi connectivity index (χ3n) is 3.12. The highest BCUT2D eigenvalue weighted by atomic mass is 31.2. The van der Waals surface area contributed by atoms with Gasteiger partial charge in [-0.2, -0.15) is 0 Å². The van der Waals surface area contributed by atoms with Gasteiger partial charge in [-0.05, 0) is 36.8 Å². The predicted molar refractivity (Wildman–Crippen MR) is 92.3 cm³/mol. The number of unbranched alkanes of at least 4 members (excludes halogenated alkanes) is 1.